The van der Waals surface area contributed by atoms with E-state index in [-0.39, 0.29) is 22.3 Å². The van der Waals surface area contributed by atoms with Crippen LogP contribution in [0.15, 0.2) is 54.9 Å². The molecule has 0 aliphatic rings. The summed E-state index contributed by atoms with van der Waals surface area (Å²) in [5, 5.41) is 13.6. The lowest BCUT2D eigenvalue weighted by Crippen LogP contribution is -2.00. The first-order valence-corrected chi connectivity index (χ1v) is 8.83. The molecule has 0 radical (unpaired) electrons. The number of fused-ring (bicyclic) bond motifs is 1. The largest absolute Gasteiger partial charge is 0.339 e. The van der Waals surface area contributed by atoms with Gasteiger partial charge in [-0.2, -0.15) is 4.39 Å². The summed E-state index contributed by atoms with van der Waals surface area (Å²) in [6.45, 7) is 0. The number of nitrogens with zero attached hydrogens (tertiary/aromatic N) is 3. The Balaban J connectivity index is 1.86. The predicted molar refractivity (Wildman–Crippen MR) is 106 cm³/mol. The molecular weight excluding hydrogens is 421 g/mol. The standard InChI is InChI=1S/C20H10ClF3N4O2/c21-18-13(22)6-5-11(19(18)24)10-3-1-2-4-15(10)27-20-12-7-17(28(29)30)14(23)8-16(12)25-9-26-20/h1-9H,(H,25,26,27). The minimum atomic E-state index is -1.03. The number of nitrogens with one attached hydrogen (secondary N) is 1. The fraction of sp³-hybridized carbons (Fsp3) is 0. The summed E-state index contributed by atoms with van der Waals surface area (Å²) in [5.41, 5.74) is 0.167. The number of rotatable bonds is 4. The predicted octanol–water partition coefficient (Wildman–Crippen LogP) is 6.02. The monoisotopic (exact) mass is 430 g/mol. The average Bonchev–Trinajstić information content (AvgIpc) is 2.72. The summed E-state index contributed by atoms with van der Waals surface area (Å²) >= 11 is 5.69. The first-order chi connectivity index (χ1) is 14.4. The van der Waals surface area contributed by atoms with Crippen molar-refractivity contribution in [3.63, 3.8) is 0 Å². The third-order valence-electron chi connectivity index (χ3n) is 4.41. The van der Waals surface area contributed by atoms with Crippen LogP contribution in [0.25, 0.3) is 22.0 Å². The zero-order chi connectivity index (χ0) is 21.4. The minimum absolute atomic E-state index is 0.0416. The smallest absolute Gasteiger partial charge is 0.305 e. The van der Waals surface area contributed by atoms with Crippen LogP contribution in [0.1, 0.15) is 0 Å². The van der Waals surface area contributed by atoms with Crippen molar-refractivity contribution in [2.45, 2.75) is 0 Å². The molecule has 0 spiro atoms. The lowest BCUT2D eigenvalue weighted by atomic mass is 10.0. The molecule has 6 nitrogen and oxygen atoms in total. The number of nitro benzene ring substituents is 1. The second kappa shape index (κ2) is 7.60. The molecule has 3 aromatic carbocycles. The van der Waals surface area contributed by atoms with Crippen LogP contribution in [-0.4, -0.2) is 14.9 Å². The lowest BCUT2D eigenvalue weighted by molar-refractivity contribution is -0.387. The van der Waals surface area contributed by atoms with E-state index in [0.29, 0.717) is 11.3 Å². The SMILES string of the molecule is O=[N+]([O-])c1cc2c(Nc3ccccc3-c3ccc(F)c(Cl)c3F)ncnc2cc1F. The summed E-state index contributed by atoms with van der Waals surface area (Å²) < 4.78 is 42.0. The van der Waals surface area contributed by atoms with Crippen molar-refractivity contribution in [2.24, 2.45) is 0 Å². The van der Waals surface area contributed by atoms with Gasteiger partial charge < -0.3 is 5.32 Å². The molecule has 0 aliphatic carbocycles. The summed E-state index contributed by atoms with van der Waals surface area (Å²) in [5.74, 6) is -2.71. The van der Waals surface area contributed by atoms with Crippen molar-refractivity contribution >= 4 is 39.7 Å². The van der Waals surface area contributed by atoms with Crippen LogP contribution in [0.3, 0.4) is 0 Å². The number of para-hydroxylation sites is 1. The summed E-state index contributed by atoms with van der Waals surface area (Å²) in [6.07, 6.45) is 1.16. The number of benzene rings is 3. The highest BCUT2D eigenvalue weighted by molar-refractivity contribution is 6.31. The molecule has 10 heteroatoms. The van der Waals surface area contributed by atoms with Gasteiger partial charge in [0, 0.05) is 28.9 Å². The highest BCUT2D eigenvalue weighted by Crippen LogP contribution is 2.36. The number of aromatic nitrogens is 2. The lowest BCUT2D eigenvalue weighted by Gasteiger charge is -2.14. The van der Waals surface area contributed by atoms with Crippen LogP contribution in [0.5, 0.6) is 0 Å². The molecule has 0 saturated heterocycles. The Hall–Kier alpha value is -3.72. The third kappa shape index (κ3) is 3.39. The molecule has 0 saturated carbocycles. The Kier molecular flexibility index (Phi) is 4.96. The average molecular weight is 431 g/mol. The Morgan fingerprint density at radius 1 is 0.967 bits per heavy atom. The van der Waals surface area contributed by atoms with Crippen LogP contribution in [0.2, 0.25) is 5.02 Å². The Labute approximate surface area is 172 Å². The molecule has 0 amide bonds. The number of hydrogen-bond acceptors (Lipinski definition) is 5. The second-order valence-electron chi connectivity index (χ2n) is 6.19. The highest BCUT2D eigenvalue weighted by Gasteiger charge is 2.19. The van der Waals surface area contributed by atoms with Gasteiger partial charge in [-0.3, -0.25) is 10.1 Å². The molecule has 1 aromatic heterocycles. The fourth-order valence-corrected chi connectivity index (χ4v) is 3.16. The molecule has 150 valence electrons. The van der Waals surface area contributed by atoms with Crippen LogP contribution in [-0.2, 0) is 0 Å². The molecule has 1 N–H and O–H groups in total. The molecule has 0 atom stereocenters. The number of hydrogen-bond donors (Lipinski definition) is 1. The van der Waals surface area contributed by atoms with Gasteiger partial charge in [-0.1, -0.05) is 29.8 Å². The van der Waals surface area contributed by atoms with Crippen molar-refractivity contribution in [3.8, 4) is 11.1 Å². The van der Waals surface area contributed by atoms with Crippen molar-refractivity contribution in [1.82, 2.24) is 9.97 Å². The Bertz CT molecular complexity index is 1320. The molecule has 4 rings (SSSR count). The normalized spacial score (nSPS) is 10.9. The van der Waals surface area contributed by atoms with Gasteiger partial charge in [0.05, 0.1) is 15.8 Å². The summed E-state index contributed by atoms with van der Waals surface area (Å²) in [7, 11) is 0. The molecule has 4 aromatic rings. The molecule has 0 fully saturated rings. The fourth-order valence-electron chi connectivity index (χ4n) is 2.99. The van der Waals surface area contributed by atoms with E-state index in [0.717, 1.165) is 24.5 Å². The van der Waals surface area contributed by atoms with Crippen LogP contribution < -0.4 is 5.32 Å². The summed E-state index contributed by atoms with van der Waals surface area (Å²) in [4.78, 5) is 18.2. The zero-order valence-electron chi connectivity index (χ0n) is 14.9. The molecule has 30 heavy (non-hydrogen) atoms. The maximum atomic E-state index is 14.6. The van der Waals surface area contributed by atoms with E-state index < -0.39 is 33.1 Å². The number of nitro groups is 1. The van der Waals surface area contributed by atoms with E-state index in [9.17, 15) is 23.3 Å². The zero-order valence-corrected chi connectivity index (χ0v) is 15.6. The number of halogens is 4. The highest BCUT2D eigenvalue weighted by atomic mass is 35.5. The molecule has 0 aliphatic heterocycles. The maximum absolute atomic E-state index is 14.6. The van der Waals surface area contributed by atoms with Gasteiger partial charge in [0.1, 0.15) is 23.0 Å². The van der Waals surface area contributed by atoms with E-state index in [1.165, 1.54) is 6.07 Å². The minimum Gasteiger partial charge on any atom is -0.339 e. The third-order valence-corrected chi connectivity index (χ3v) is 4.75. The molecule has 1 heterocycles. The molecular formula is C20H10ClF3N4O2. The van der Waals surface area contributed by atoms with Crippen LogP contribution >= 0.6 is 11.6 Å². The van der Waals surface area contributed by atoms with Gasteiger partial charge >= 0.3 is 5.69 Å². The maximum Gasteiger partial charge on any atom is 0.305 e. The first kappa shape index (κ1) is 19.6. The van der Waals surface area contributed by atoms with Gasteiger partial charge in [0.15, 0.2) is 5.82 Å². The second-order valence-corrected chi connectivity index (χ2v) is 6.57. The molecule has 0 bridgehead atoms. The molecule has 0 unspecified atom stereocenters. The van der Waals surface area contributed by atoms with Crippen molar-refractivity contribution in [2.75, 3.05) is 5.32 Å². The van der Waals surface area contributed by atoms with Crippen molar-refractivity contribution in [3.05, 3.63) is 87.4 Å². The number of anilines is 2. The van der Waals surface area contributed by atoms with Gasteiger partial charge in [0.25, 0.3) is 0 Å². The topological polar surface area (TPSA) is 81.0 Å². The van der Waals surface area contributed by atoms with Crippen molar-refractivity contribution < 1.29 is 18.1 Å². The van der Waals surface area contributed by atoms with E-state index in [4.69, 9.17) is 11.6 Å². The van der Waals surface area contributed by atoms with E-state index in [1.54, 1.807) is 24.3 Å². The van der Waals surface area contributed by atoms with E-state index in [1.807, 2.05) is 0 Å². The Morgan fingerprint density at radius 3 is 2.50 bits per heavy atom. The van der Waals surface area contributed by atoms with E-state index in [2.05, 4.69) is 15.3 Å². The first-order valence-electron chi connectivity index (χ1n) is 8.45. The Morgan fingerprint density at radius 2 is 1.73 bits per heavy atom. The van der Waals surface area contributed by atoms with Gasteiger partial charge in [-0.25, -0.2) is 18.7 Å². The summed E-state index contributed by atoms with van der Waals surface area (Å²) in [6, 6.07) is 10.8. The van der Waals surface area contributed by atoms with Gasteiger partial charge in [-0.15, -0.1) is 0 Å². The van der Waals surface area contributed by atoms with Gasteiger partial charge in [0.2, 0.25) is 5.82 Å². The van der Waals surface area contributed by atoms with E-state index >= 15 is 0 Å². The quantitative estimate of drug-likeness (QED) is 0.243. The van der Waals surface area contributed by atoms with Gasteiger partial charge in [-0.05, 0) is 18.2 Å². The van der Waals surface area contributed by atoms with Crippen LogP contribution in [0.4, 0.5) is 30.4 Å². The van der Waals surface area contributed by atoms with Crippen LogP contribution in [0, 0.1) is 27.6 Å². The van der Waals surface area contributed by atoms with Crippen molar-refractivity contribution in [1.29, 1.82) is 0 Å².